The first kappa shape index (κ1) is 15.7. The normalized spacial score (nSPS) is 22.3. The Bertz CT molecular complexity index is 520. The van der Waals surface area contributed by atoms with Gasteiger partial charge in [-0.25, -0.2) is 4.79 Å². The largest absolute Gasteiger partial charge is 0.338 e. The second-order valence-corrected chi connectivity index (χ2v) is 6.17. The number of oxime groups is 1. The summed E-state index contributed by atoms with van der Waals surface area (Å²) in [6, 6.07) is 0. The van der Waals surface area contributed by atoms with Crippen molar-refractivity contribution in [1.29, 1.82) is 0 Å². The van der Waals surface area contributed by atoms with Crippen molar-refractivity contribution >= 4 is 17.5 Å². The Morgan fingerprint density at radius 2 is 1.90 bits per heavy atom. The van der Waals surface area contributed by atoms with E-state index < -0.39 is 0 Å². The van der Waals surface area contributed by atoms with Gasteiger partial charge in [0.25, 0.3) is 0 Å². The molecule has 0 heterocycles. The molecule has 0 aromatic rings. The first-order valence-electron chi connectivity index (χ1n) is 7.72. The summed E-state index contributed by atoms with van der Waals surface area (Å²) in [4.78, 5) is 29.0. The van der Waals surface area contributed by atoms with Crippen LogP contribution in [0.2, 0.25) is 0 Å². The van der Waals surface area contributed by atoms with Gasteiger partial charge in [0.15, 0.2) is 5.78 Å². The summed E-state index contributed by atoms with van der Waals surface area (Å²) in [5, 5.41) is 3.98. The topological polar surface area (TPSA) is 55.7 Å². The molecule has 0 bridgehead atoms. The van der Waals surface area contributed by atoms with Gasteiger partial charge in [-0.2, -0.15) is 0 Å². The van der Waals surface area contributed by atoms with E-state index in [-0.39, 0.29) is 23.6 Å². The summed E-state index contributed by atoms with van der Waals surface area (Å²) in [5.74, 6) is -0.126. The van der Waals surface area contributed by atoms with Gasteiger partial charge in [0.1, 0.15) is 5.71 Å². The summed E-state index contributed by atoms with van der Waals surface area (Å²) in [6.45, 7) is 5.73. The number of hydrogen-bond donors (Lipinski definition) is 0. The number of carbonyl (C=O) groups is 2. The molecule has 4 heteroatoms. The number of ketones is 1. The zero-order valence-electron chi connectivity index (χ0n) is 13.0. The van der Waals surface area contributed by atoms with E-state index in [1.807, 2.05) is 13.8 Å². The van der Waals surface area contributed by atoms with Crippen molar-refractivity contribution in [3.05, 3.63) is 23.3 Å². The average molecular weight is 289 g/mol. The van der Waals surface area contributed by atoms with E-state index in [4.69, 9.17) is 4.84 Å². The number of carbonyl (C=O) groups excluding carboxylic acids is 2. The lowest BCUT2D eigenvalue weighted by Crippen LogP contribution is -2.20. The fraction of sp³-hybridized carbons (Fsp3) is 0.588. The maximum absolute atomic E-state index is 12.0. The van der Waals surface area contributed by atoms with E-state index >= 15 is 0 Å². The maximum atomic E-state index is 12.0. The van der Waals surface area contributed by atoms with E-state index in [0.717, 1.165) is 31.3 Å². The van der Waals surface area contributed by atoms with Gasteiger partial charge >= 0.3 is 5.97 Å². The van der Waals surface area contributed by atoms with Crippen LogP contribution in [0.5, 0.6) is 0 Å². The first-order valence-corrected chi connectivity index (χ1v) is 7.72. The van der Waals surface area contributed by atoms with Crippen LogP contribution in [-0.4, -0.2) is 17.5 Å². The number of nitrogens with zero attached hydrogens (tertiary/aromatic N) is 1. The van der Waals surface area contributed by atoms with Crippen LogP contribution in [0.25, 0.3) is 0 Å². The summed E-state index contributed by atoms with van der Waals surface area (Å²) < 4.78 is 0. The summed E-state index contributed by atoms with van der Waals surface area (Å²) in [7, 11) is 0. The molecule has 0 aromatic heterocycles. The molecule has 114 valence electrons. The Morgan fingerprint density at radius 1 is 1.24 bits per heavy atom. The fourth-order valence-corrected chi connectivity index (χ4v) is 2.74. The predicted octanol–water partition coefficient (Wildman–Crippen LogP) is 3.58. The lowest BCUT2D eigenvalue weighted by Gasteiger charge is -2.18. The van der Waals surface area contributed by atoms with E-state index in [0.29, 0.717) is 11.3 Å². The molecule has 2 aliphatic rings. The minimum absolute atomic E-state index is 0.0139. The van der Waals surface area contributed by atoms with Gasteiger partial charge in [0, 0.05) is 5.57 Å². The van der Waals surface area contributed by atoms with Gasteiger partial charge in [-0.15, -0.1) is 0 Å². The molecule has 21 heavy (non-hydrogen) atoms. The zero-order chi connectivity index (χ0) is 15.4. The highest BCUT2D eigenvalue weighted by Crippen LogP contribution is 2.25. The number of allylic oxidation sites excluding steroid dienone is 4. The molecule has 0 saturated heterocycles. The van der Waals surface area contributed by atoms with E-state index in [9.17, 15) is 9.59 Å². The minimum atomic E-state index is -0.244. The van der Waals surface area contributed by atoms with Gasteiger partial charge in [0.2, 0.25) is 0 Å². The Morgan fingerprint density at radius 3 is 2.52 bits per heavy atom. The van der Waals surface area contributed by atoms with E-state index in [1.54, 1.807) is 19.1 Å². The van der Waals surface area contributed by atoms with Crippen molar-refractivity contribution in [2.24, 2.45) is 17.0 Å². The maximum Gasteiger partial charge on any atom is 0.338 e. The third-order valence-corrected chi connectivity index (χ3v) is 4.12. The summed E-state index contributed by atoms with van der Waals surface area (Å²) in [6.07, 6.45) is 8.44. The second kappa shape index (κ2) is 6.83. The molecule has 0 radical (unpaired) electrons. The van der Waals surface area contributed by atoms with Crippen LogP contribution in [0.4, 0.5) is 0 Å². The van der Waals surface area contributed by atoms with Gasteiger partial charge in [0.05, 0.1) is 5.92 Å². The molecule has 0 amide bonds. The van der Waals surface area contributed by atoms with Gasteiger partial charge in [-0.1, -0.05) is 38.3 Å². The monoisotopic (exact) mass is 289 g/mol. The Kier molecular flexibility index (Phi) is 5.10. The molecule has 0 aromatic carbocycles. The molecular formula is C17H23NO3. The number of hydrogen-bond acceptors (Lipinski definition) is 4. The number of rotatable bonds is 3. The van der Waals surface area contributed by atoms with Gasteiger partial charge in [-0.3, -0.25) is 4.79 Å². The van der Waals surface area contributed by atoms with Crippen LogP contribution in [0.1, 0.15) is 52.9 Å². The van der Waals surface area contributed by atoms with Crippen LogP contribution >= 0.6 is 0 Å². The Labute approximate surface area is 125 Å². The summed E-state index contributed by atoms with van der Waals surface area (Å²) >= 11 is 0. The van der Waals surface area contributed by atoms with Crippen molar-refractivity contribution in [1.82, 2.24) is 0 Å². The Hall–Kier alpha value is -1.71. The van der Waals surface area contributed by atoms with E-state index in [1.165, 1.54) is 6.42 Å². The average Bonchev–Trinajstić information content (AvgIpc) is 2.46. The smallest absolute Gasteiger partial charge is 0.317 e. The van der Waals surface area contributed by atoms with Crippen LogP contribution < -0.4 is 0 Å². The quantitative estimate of drug-likeness (QED) is 0.453. The molecule has 0 aliphatic heterocycles. The SMILES string of the molecule is CC1=CC(=O)C(C(C)C)=C/C1=N/OC(=O)C1CCCCC1. The second-order valence-electron chi connectivity index (χ2n) is 6.17. The lowest BCUT2D eigenvalue weighted by molar-refractivity contribution is -0.149. The zero-order valence-corrected chi connectivity index (χ0v) is 13.0. The predicted molar refractivity (Wildman–Crippen MR) is 81.8 cm³/mol. The molecule has 0 spiro atoms. The van der Waals surface area contributed by atoms with Gasteiger partial charge in [-0.05, 0) is 43.4 Å². The van der Waals surface area contributed by atoms with Gasteiger partial charge < -0.3 is 4.84 Å². The molecule has 4 nitrogen and oxygen atoms in total. The Balaban J connectivity index is 2.07. The molecule has 0 N–H and O–H groups in total. The van der Waals surface area contributed by atoms with Crippen molar-refractivity contribution in [2.75, 3.05) is 0 Å². The minimum Gasteiger partial charge on any atom is -0.317 e. The van der Waals surface area contributed by atoms with Crippen LogP contribution in [0.15, 0.2) is 28.5 Å². The highest BCUT2D eigenvalue weighted by Gasteiger charge is 2.24. The van der Waals surface area contributed by atoms with E-state index in [2.05, 4.69) is 5.16 Å². The van der Waals surface area contributed by atoms with Crippen LogP contribution in [-0.2, 0) is 14.4 Å². The molecular weight excluding hydrogens is 266 g/mol. The highest BCUT2D eigenvalue weighted by atomic mass is 16.7. The highest BCUT2D eigenvalue weighted by molar-refractivity contribution is 6.21. The molecule has 0 unspecified atom stereocenters. The molecule has 1 saturated carbocycles. The third kappa shape index (κ3) is 3.90. The fourth-order valence-electron chi connectivity index (χ4n) is 2.74. The lowest BCUT2D eigenvalue weighted by atomic mass is 9.89. The van der Waals surface area contributed by atoms with Crippen LogP contribution in [0, 0.1) is 11.8 Å². The van der Waals surface area contributed by atoms with Crippen LogP contribution in [0.3, 0.4) is 0 Å². The van der Waals surface area contributed by atoms with Crippen molar-refractivity contribution in [3.63, 3.8) is 0 Å². The van der Waals surface area contributed by atoms with Crippen molar-refractivity contribution in [2.45, 2.75) is 52.9 Å². The standard InChI is InChI=1S/C17H23NO3/c1-11(2)14-10-15(12(3)9-16(14)19)18-21-17(20)13-7-5-4-6-8-13/h9-11,13H,4-8H2,1-3H3/b18-15-. The molecule has 2 rings (SSSR count). The third-order valence-electron chi connectivity index (χ3n) is 4.12. The molecule has 0 atom stereocenters. The van der Waals surface area contributed by atoms with Crippen molar-refractivity contribution < 1.29 is 14.4 Å². The first-order chi connectivity index (χ1) is 9.99. The molecule has 1 fully saturated rings. The molecule has 2 aliphatic carbocycles. The summed E-state index contributed by atoms with van der Waals surface area (Å²) in [5.41, 5.74) is 2.01. The van der Waals surface area contributed by atoms with Crippen molar-refractivity contribution in [3.8, 4) is 0 Å².